The third kappa shape index (κ3) is 4.58. The van der Waals surface area contributed by atoms with E-state index in [1.165, 1.54) is 4.31 Å². The molecule has 0 bridgehead atoms. The van der Waals surface area contributed by atoms with Crippen LogP contribution in [0.25, 0.3) is 0 Å². The molecule has 0 aliphatic carbocycles. The van der Waals surface area contributed by atoms with Gasteiger partial charge in [-0.3, -0.25) is 0 Å². The summed E-state index contributed by atoms with van der Waals surface area (Å²) in [6.07, 6.45) is 1.68. The summed E-state index contributed by atoms with van der Waals surface area (Å²) in [7, 11) is -3.08. The largest absolute Gasteiger partial charge is 0.214 e. The smallest absolute Gasteiger partial charge is 0.212 e. The van der Waals surface area contributed by atoms with Crippen molar-refractivity contribution in [1.29, 1.82) is 5.26 Å². The average molecular weight is 218 g/mol. The third-order valence-electron chi connectivity index (χ3n) is 2.04. The summed E-state index contributed by atoms with van der Waals surface area (Å²) >= 11 is 0. The van der Waals surface area contributed by atoms with Crippen LogP contribution in [-0.2, 0) is 10.0 Å². The fourth-order valence-electron chi connectivity index (χ4n) is 1.23. The van der Waals surface area contributed by atoms with Crippen LogP contribution in [0.5, 0.6) is 0 Å². The van der Waals surface area contributed by atoms with Crippen molar-refractivity contribution in [2.75, 3.05) is 18.8 Å². The van der Waals surface area contributed by atoms with E-state index in [1.54, 1.807) is 0 Å². The average Bonchev–Trinajstić information content (AvgIpc) is 2.14. The maximum Gasteiger partial charge on any atom is 0.214 e. The molecule has 4 nitrogen and oxygen atoms in total. The lowest BCUT2D eigenvalue weighted by Gasteiger charge is -2.17. The summed E-state index contributed by atoms with van der Waals surface area (Å²) in [5, 5.41) is 8.29. The highest BCUT2D eigenvalue weighted by atomic mass is 32.2. The van der Waals surface area contributed by atoms with Crippen molar-refractivity contribution in [3.63, 3.8) is 0 Å². The molecule has 14 heavy (non-hydrogen) atoms. The molecule has 0 fully saturated rings. The molecule has 0 saturated heterocycles. The van der Waals surface area contributed by atoms with Crippen LogP contribution in [0.4, 0.5) is 0 Å². The van der Waals surface area contributed by atoms with Gasteiger partial charge in [-0.25, -0.2) is 12.7 Å². The van der Waals surface area contributed by atoms with Crippen molar-refractivity contribution in [2.45, 2.75) is 33.1 Å². The zero-order chi connectivity index (χ0) is 11.0. The monoisotopic (exact) mass is 218 g/mol. The number of sulfonamides is 1. The van der Waals surface area contributed by atoms with Crippen molar-refractivity contribution in [3.8, 4) is 6.07 Å². The van der Waals surface area contributed by atoms with Crippen LogP contribution in [0.3, 0.4) is 0 Å². The molecule has 5 heteroatoms. The van der Waals surface area contributed by atoms with E-state index in [2.05, 4.69) is 0 Å². The predicted octanol–water partition coefficient (Wildman–Crippen LogP) is 1.35. The van der Waals surface area contributed by atoms with Crippen LogP contribution in [0, 0.1) is 11.3 Å². The molecule has 0 heterocycles. The number of nitrogens with zero attached hydrogens (tertiary/aromatic N) is 2. The fraction of sp³-hybridized carbons (Fsp3) is 0.889. The van der Waals surface area contributed by atoms with Gasteiger partial charge in [0.15, 0.2) is 0 Å². The van der Waals surface area contributed by atoms with Gasteiger partial charge in [0.25, 0.3) is 0 Å². The summed E-state index contributed by atoms with van der Waals surface area (Å²) in [4.78, 5) is 0. The Labute approximate surface area is 86.6 Å². The van der Waals surface area contributed by atoms with Crippen molar-refractivity contribution < 1.29 is 8.42 Å². The lowest BCUT2D eigenvalue weighted by molar-refractivity contribution is 0.443. The number of rotatable bonds is 7. The molecule has 0 aromatic heterocycles. The minimum Gasteiger partial charge on any atom is -0.212 e. The van der Waals surface area contributed by atoms with Crippen LogP contribution >= 0.6 is 0 Å². The topological polar surface area (TPSA) is 61.2 Å². The second-order valence-electron chi connectivity index (χ2n) is 3.02. The lowest BCUT2D eigenvalue weighted by Crippen LogP contribution is -2.32. The Hall–Kier alpha value is -0.600. The molecule has 0 spiro atoms. The molecule has 0 atom stereocenters. The van der Waals surface area contributed by atoms with Gasteiger partial charge < -0.3 is 0 Å². The maximum atomic E-state index is 11.6. The second-order valence-corrected chi connectivity index (χ2v) is 5.10. The van der Waals surface area contributed by atoms with Crippen molar-refractivity contribution >= 4 is 10.0 Å². The molecule has 0 aliphatic rings. The third-order valence-corrected chi connectivity index (χ3v) is 4.15. The first-order valence-electron chi connectivity index (χ1n) is 4.93. The molecule has 0 N–H and O–H groups in total. The van der Waals surface area contributed by atoms with Crippen LogP contribution in [0.2, 0.25) is 0 Å². The standard InChI is InChI=1S/C9H18N2O2S/c1-3-11(4-2)14(12,13)9-7-5-6-8-10/h3-7,9H2,1-2H3. The Morgan fingerprint density at radius 2 is 1.79 bits per heavy atom. The molecule has 0 saturated carbocycles. The molecule has 0 aromatic carbocycles. The predicted molar refractivity (Wildman–Crippen MR) is 56.2 cm³/mol. The number of nitriles is 1. The van der Waals surface area contributed by atoms with Gasteiger partial charge in [-0.1, -0.05) is 13.8 Å². The number of unbranched alkanes of at least 4 members (excludes halogenated alkanes) is 2. The molecule has 0 radical (unpaired) electrons. The Morgan fingerprint density at radius 3 is 2.21 bits per heavy atom. The van der Waals surface area contributed by atoms with Gasteiger partial charge in [0.05, 0.1) is 11.8 Å². The van der Waals surface area contributed by atoms with Crippen LogP contribution < -0.4 is 0 Å². The van der Waals surface area contributed by atoms with E-state index in [9.17, 15) is 8.42 Å². The maximum absolute atomic E-state index is 11.6. The van der Waals surface area contributed by atoms with Crippen LogP contribution in [0.1, 0.15) is 33.1 Å². The first-order valence-corrected chi connectivity index (χ1v) is 6.54. The Kier molecular flexibility index (Phi) is 6.50. The van der Waals surface area contributed by atoms with Crippen LogP contribution in [0.15, 0.2) is 0 Å². The minimum absolute atomic E-state index is 0.163. The van der Waals surface area contributed by atoms with Crippen molar-refractivity contribution in [3.05, 3.63) is 0 Å². The van der Waals surface area contributed by atoms with E-state index in [4.69, 9.17) is 5.26 Å². The first kappa shape index (κ1) is 13.4. The fourth-order valence-corrected chi connectivity index (χ4v) is 2.85. The summed E-state index contributed by atoms with van der Waals surface area (Å²) in [5.74, 6) is 0.163. The molecular weight excluding hydrogens is 200 g/mol. The van der Waals surface area contributed by atoms with Gasteiger partial charge in [0.1, 0.15) is 0 Å². The Bertz CT molecular complexity index is 276. The Morgan fingerprint density at radius 1 is 1.21 bits per heavy atom. The zero-order valence-corrected chi connectivity index (χ0v) is 9.68. The summed E-state index contributed by atoms with van der Waals surface area (Å²) in [5.41, 5.74) is 0. The van der Waals surface area contributed by atoms with E-state index in [-0.39, 0.29) is 5.75 Å². The normalized spacial score (nSPS) is 11.6. The molecular formula is C9H18N2O2S. The van der Waals surface area contributed by atoms with Gasteiger partial charge in [0, 0.05) is 19.5 Å². The van der Waals surface area contributed by atoms with Gasteiger partial charge >= 0.3 is 0 Å². The van der Waals surface area contributed by atoms with E-state index in [0.717, 1.165) is 0 Å². The zero-order valence-electron chi connectivity index (χ0n) is 8.86. The molecule has 82 valence electrons. The van der Waals surface area contributed by atoms with E-state index >= 15 is 0 Å². The molecule has 0 unspecified atom stereocenters. The molecule has 0 aromatic rings. The molecule has 0 aliphatic heterocycles. The first-order chi connectivity index (χ1) is 6.58. The Balaban J connectivity index is 4.02. The van der Waals surface area contributed by atoms with Gasteiger partial charge in [-0.15, -0.1) is 0 Å². The second kappa shape index (κ2) is 6.80. The number of hydrogen-bond donors (Lipinski definition) is 0. The highest BCUT2D eigenvalue weighted by molar-refractivity contribution is 7.89. The SMILES string of the molecule is CCN(CC)S(=O)(=O)CCCCC#N. The highest BCUT2D eigenvalue weighted by Gasteiger charge is 2.17. The van der Waals surface area contributed by atoms with Gasteiger partial charge in [0.2, 0.25) is 10.0 Å². The summed E-state index contributed by atoms with van der Waals surface area (Å²) < 4.78 is 24.7. The quantitative estimate of drug-likeness (QED) is 0.606. The highest BCUT2D eigenvalue weighted by Crippen LogP contribution is 2.05. The minimum atomic E-state index is -3.08. The molecule has 0 amide bonds. The van der Waals surface area contributed by atoms with E-state index in [0.29, 0.717) is 32.4 Å². The van der Waals surface area contributed by atoms with Crippen molar-refractivity contribution in [2.24, 2.45) is 0 Å². The van der Waals surface area contributed by atoms with E-state index < -0.39 is 10.0 Å². The van der Waals surface area contributed by atoms with E-state index in [1.807, 2.05) is 19.9 Å². The van der Waals surface area contributed by atoms with Gasteiger partial charge in [-0.2, -0.15) is 5.26 Å². The summed E-state index contributed by atoms with van der Waals surface area (Å²) in [6, 6.07) is 2.00. The van der Waals surface area contributed by atoms with Crippen molar-refractivity contribution in [1.82, 2.24) is 4.31 Å². The van der Waals surface area contributed by atoms with Gasteiger partial charge in [-0.05, 0) is 12.8 Å². The van der Waals surface area contributed by atoms with Crippen LogP contribution in [-0.4, -0.2) is 31.6 Å². The molecule has 0 rings (SSSR count). The number of hydrogen-bond acceptors (Lipinski definition) is 3. The summed E-state index contributed by atoms with van der Waals surface area (Å²) in [6.45, 7) is 4.71. The lowest BCUT2D eigenvalue weighted by atomic mass is 10.3.